The first-order chi connectivity index (χ1) is 9.08. The molecule has 0 aliphatic rings. The summed E-state index contributed by atoms with van der Waals surface area (Å²) in [7, 11) is 0. The molecular weight excluding hydrogens is 328 g/mol. The molecule has 0 unspecified atom stereocenters. The van der Waals surface area contributed by atoms with Gasteiger partial charge in [0.15, 0.2) is 0 Å². The highest BCUT2D eigenvalue weighted by Crippen LogP contribution is 2.24. The lowest BCUT2D eigenvalue weighted by Crippen LogP contribution is -2.20. The van der Waals surface area contributed by atoms with Crippen molar-refractivity contribution < 1.29 is 4.79 Å². The summed E-state index contributed by atoms with van der Waals surface area (Å²) in [5.74, 6) is 0. The topological polar surface area (TPSA) is 41.1 Å². The van der Waals surface area contributed by atoms with Crippen LogP contribution in [-0.4, -0.2) is 6.03 Å². The van der Waals surface area contributed by atoms with Gasteiger partial charge in [-0.1, -0.05) is 29.8 Å². The highest BCUT2D eigenvalue weighted by molar-refractivity contribution is 9.10. The van der Waals surface area contributed by atoms with E-state index in [1.54, 1.807) is 18.2 Å². The van der Waals surface area contributed by atoms with Crippen molar-refractivity contribution in [2.45, 2.75) is 6.92 Å². The molecule has 0 aromatic heterocycles. The van der Waals surface area contributed by atoms with Gasteiger partial charge in [-0.15, -0.1) is 0 Å². The molecule has 0 radical (unpaired) electrons. The smallest absolute Gasteiger partial charge is 0.307 e. The predicted octanol–water partition coefficient (Wildman–Crippen LogP) is 5.05. The van der Waals surface area contributed by atoms with Crippen LogP contribution < -0.4 is 10.6 Å². The van der Waals surface area contributed by atoms with Gasteiger partial charge in [0.1, 0.15) is 0 Å². The van der Waals surface area contributed by atoms with Crippen molar-refractivity contribution in [1.82, 2.24) is 0 Å². The SMILES string of the molecule is Cc1c(Cl)cccc1NC(=O)Nc1ccccc1Br. The van der Waals surface area contributed by atoms with Gasteiger partial charge in [0.25, 0.3) is 0 Å². The summed E-state index contributed by atoms with van der Waals surface area (Å²) in [6, 6.07) is 12.5. The summed E-state index contributed by atoms with van der Waals surface area (Å²) < 4.78 is 0.827. The summed E-state index contributed by atoms with van der Waals surface area (Å²) in [6.45, 7) is 1.86. The molecule has 5 heteroatoms. The first kappa shape index (κ1) is 13.9. The first-order valence-electron chi connectivity index (χ1n) is 5.65. The largest absolute Gasteiger partial charge is 0.323 e. The Balaban J connectivity index is 2.10. The molecule has 0 spiro atoms. The lowest BCUT2D eigenvalue weighted by Gasteiger charge is -2.11. The maximum atomic E-state index is 11.9. The van der Waals surface area contributed by atoms with Crippen molar-refractivity contribution in [2.24, 2.45) is 0 Å². The number of carbonyl (C=O) groups excluding carboxylic acids is 1. The maximum Gasteiger partial charge on any atom is 0.323 e. The molecule has 2 amide bonds. The van der Waals surface area contributed by atoms with Gasteiger partial charge >= 0.3 is 6.03 Å². The van der Waals surface area contributed by atoms with Crippen molar-refractivity contribution in [3.8, 4) is 0 Å². The van der Waals surface area contributed by atoms with E-state index >= 15 is 0 Å². The van der Waals surface area contributed by atoms with E-state index in [0.29, 0.717) is 16.4 Å². The van der Waals surface area contributed by atoms with Gasteiger partial charge in [-0.3, -0.25) is 0 Å². The average molecular weight is 340 g/mol. The third kappa shape index (κ3) is 3.49. The Morgan fingerprint density at radius 2 is 1.68 bits per heavy atom. The van der Waals surface area contributed by atoms with E-state index in [9.17, 15) is 4.79 Å². The Hall–Kier alpha value is -1.52. The molecule has 3 nitrogen and oxygen atoms in total. The van der Waals surface area contributed by atoms with Crippen LogP contribution in [0.25, 0.3) is 0 Å². The van der Waals surface area contributed by atoms with Crippen LogP contribution >= 0.6 is 27.5 Å². The molecular formula is C14H12BrClN2O. The number of nitrogens with one attached hydrogen (secondary N) is 2. The van der Waals surface area contributed by atoms with Crippen molar-refractivity contribution >= 4 is 44.9 Å². The number of para-hydroxylation sites is 1. The zero-order valence-electron chi connectivity index (χ0n) is 10.2. The summed E-state index contributed by atoms with van der Waals surface area (Å²) in [5.41, 5.74) is 2.24. The van der Waals surface area contributed by atoms with E-state index < -0.39 is 0 Å². The van der Waals surface area contributed by atoms with E-state index in [-0.39, 0.29) is 6.03 Å². The molecule has 0 saturated carbocycles. The number of benzene rings is 2. The van der Waals surface area contributed by atoms with Gasteiger partial charge in [0, 0.05) is 15.2 Å². The molecule has 0 aliphatic carbocycles. The summed E-state index contributed by atoms with van der Waals surface area (Å²) >= 11 is 9.38. The second-order valence-corrected chi connectivity index (χ2v) is 5.23. The number of hydrogen-bond acceptors (Lipinski definition) is 1. The fourth-order valence-electron chi connectivity index (χ4n) is 1.58. The Morgan fingerprint density at radius 3 is 2.42 bits per heavy atom. The van der Waals surface area contributed by atoms with Gasteiger partial charge in [-0.25, -0.2) is 4.79 Å². The molecule has 19 heavy (non-hydrogen) atoms. The van der Waals surface area contributed by atoms with Crippen LogP contribution in [0.2, 0.25) is 5.02 Å². The first-order valence-corrected chi connectivity index (χ1v) is 6.82. The molecule has 0 aliphatic heterocycles. The molecule has 0 atom stereocenters. The Morgan fingerprint density at radius 1 is 1.05 bits per heavy atom. The molecule has 98 valence electrons. The zero-order valence-corrected chi connectivity index (χ0v) is 12.5. The highest BCUT2D eigenvalue weighted by Gasteiger charge is 2.08. The van der Waals surface area contributed by atoms with Crippen molar-refractivity contribution in [3.63, 3.8) is 0 Å². The Kier molecular flexibility index (Phi) is 4.45. The minimum Gasteiger partial charge on any atom is -0.307 e. The molecule has 2 N–H and O–H groups in total. The molecule has 0 fully saturated rings. The van der Waals surface area contributed by atoms with Crippen LogP contribution in [0.1, 0.15) is 5.56 Å². The van der Waals surface area contributed by atoms with E-state index in [0.717, 1.165) is 10.0 Å². The van der Waals surface area contributed by atoms with Crippen LogP contribution in [0.3, 0.4) is 0 Å². The second kappa shape index (κ2) is 6.08. The van der Waals surface area contributed by atoms with Crippen molar-refractivity contribution in [3.05, 3.63) is 57.5 Å². The van der Waals surface area contributed by atoms with Gasteiger partial charge in [0.2, 0.25) is 0 Å². The van der Waals surface area contributed by atoms with Crippen LogP contribution in [0.5, 0.6) is 0 Å². The number of hydrogen-bond donors (Lipinski definition) is 2. The number of carbonyl (C=O) groups is 1. The van der Waals surface area contributed by atoms with Gasteiger partial charge in [-0.05, 0) is 52.7 Å². The predicted molar refractivity (Wildman–Crippen MR) is 83.0 cm³/mol. The molecule has 0 heterocycles. The highest BCUT2D eigenvalue weighted by atomic mass is 79.9. The number of rotatable bonds is 2. The molecule has 0 bridgehead atoms. The monoisotopic (exact) mass is 338 g/mol. The third-order valence-electron chi connectivity index (χ3n) is 2.64. The van der Waals surface area contributed by atoms with Crippen LogP contribution in [0.4, 0.5) is 16.2 Å². The number of urea groups is 1. The minimum absolute atomic E-state index is 0.308. The van der Waals surface area contributed by atoms with Gasteiger partial charge < -0.3 is 10.6 Å². The Labute approximate surface area is 125 Å². The molecule has 2 rings (SSSR count). The van der Waals surface area contributed by atoms with E-state index in [4.69, 9.17) is 11.6 Å². The van der Waals surface area contributed by atoms with Gasteiger partial charge in [-0.2, -0.15) is 0 Å². The van der Waals surface area contributed by atoms with E-state index in [1.807, 2.05) is 31.2 Å². The fraction of sp³-hybridized carbons (Fsp3) is 0.0714. The van der Waals surface area contributed by atoms with Crippen LogP contribution in [0.15, 0.2) is 46.9 Å². The number of anilines is 2. The quantitative estimate of drug-likeness (QED) is 0.789. The summed E-state index contributed by atoms with van der Waals surface area (Å²) in [4.78, 5) is 11.9. The van der Waals surface area contributed by atoms with Crippen molar-refractivity contribution in [1.29, 1.82) is 0 Å². The standard InChI is InChI=1S/C14H12BrClN2O/c1-9-11(16)6-4-8-12(9)17-14(19)18-13-7-3-2-5-10(13)15/h2-8H,1H3,(H2,17,18,19). The number of halogens is 2. The van der Waals surface area contributed by atoms with Gasteiger partial charge in [0.05, 0.1) is 5.69 Å². The fourth-order valence-corrected chi connectivity index (χ4v) is 2.14. The minimum atomic E-state index is -0.308. The molecule has 2 aromatic rings. The lowest BCUT2D eigenvalue weighted by molar-refractivity contribution is 0.262. The van der Waals surface area contributed by atoms with Crippen molar-refractivity contribution in [2.75, 3.05) is 10.6 Å². The van der Waals surface area contributed by atoms with E-state index in [2.05, 4.69) is 26.6 Å². The molecule has 0 saturated heterocycles. The lowest BCUT2D eigenvalue weighted by atomic mass is 10.2. The molecule has 2 aromatic carbocycles. The second-order valence-electron chi connectivity index (χ2n) is 3.97. The zero-order chi connectivity index (χ0) is 13.8. The maximum absolute atomic E-state index is 11.9. The van der Waals surface area contributed by atoms with Crippen LogP contribution in [0, 0.1) is 6.92 Å². The average Bonchev–Trinajstić information content (AvgIpc) is 2.38. The normalized spacial score (nSPS) is 10.1. The Bertz CT molecular complexity index is 616. The van der Waals surface area contributed by atoms with Crippen LogP contribution in [-0.2, 0) is 0 Å². The number of amides is 2. The van der Waals surface area contributed by atoms with E-state index in [1.165, 1.54) is 0 Å². The summed E-state index contributed by atoms with van der Waals surface area (Å²) in [6.07, 6.45) is 0. The third-order valence-corrected chi connectivity index (χ3v) is 3.74. The summed E-state index contributed by atoms with van der Waals surface area (Å²) in [5, 5.41) is 6.16.